The van der Waals surface area contributed by atoms with Crippen LogP contribution in [0.3, 0.4) is 0 Å². The minimum atomic E-state index is -0.170. The van der Waals surface area contributed by atoms with Crippen molar-refractivity contribution in [3.63, 3.8) is 0 Å². The van der Waals surface area contributed by atoms with Crippen LogP contribution in [0.2, 0.25) is 0 Å². The van der Waals surface area contributed by atoms with E-state index >= 15 is 0 Å². The fourth-order valence-corrected chi connectivity index (χ4v) is 7.77. The number of para-hydroxylation sites is 3. The first-order valence-electron chi connectivity index (χ1n) is 16.0. The highest BCUT2D eigenvalue weighted by atomic mass is 16.3. The zero-order valence-corrected chi connectivity index (χ0v) is 25.9. The van der Waals surface area contributed by atoms with Crippen molar-refractivity contribution in [1.82, 2.24) is 19.5 Å². The molecular weight excluding hydrogens is 576 g/mol. The Hall–Kier alpha value is -6.07. The minimum Gasteiger partial charge on any atom is -0.455 e. The first-order chi connectivity index (χ1) is 23.1. The van der Waals surface area contributed by atoms with E-state index in [-0.39, 0.29) is 5.41 Å². The largest absolute Gasteiger partial charge is 0.455 e. The fourth-order valence-electron chi connectivity index (χ4n) is 7.77. The Bertz CT molecular complexity index is 2720. The van der Waals surface area contributed by atoms with Gasteiger partial charge in [0, 0.05) is 32.5 Å². The number of fused-ring (bicyclic) bond motifs is 10. The SMILES string of the molecule is CC1(C)c2ccccc2-c2ccc3c(c21)c1ccccc1n3-c1nc(-c2ccccc2)nc(-c2cccc3c2oc2ccccc23)n1. The number of benzene rings is 6. The fraction of sp³-hybridized carbons (Fsp3) is 0.0714. The Morgan fingerprint density at radius 3 is 2.13 bits per heavy atom. The lowest BCUT2D eigenvalue weighted by Crippen LogP contribution is -2.15. The van der Waals surface area contributed by atoms with Gasteiger partial charge in [-0.05, 0) is 46.5 Å². The van der Waals surface area contributed by atoms with Gasteiger partial charge < -0.3 is 4.42 Å². The normalized spacial score (nSPS) is 13.5. The summed E-state index contributed by atoms with van der Waals surface area (Å²) >= 11 is 0. The maximum absolute atomic E-state index is 6.45. The Morgan fingerprint density at radius 2 is 1.23 bits per heavy atom. The number of rotatable bonds is 3. The van der Waals surface area contributed by atoms with Gasteiger partial charge in [-0.3, -0.25) is 4.57 Å². The van der Waals surface area contributed by atoms with Crippen LogP contribution in [0.15, 0.2) is 138 Å². The number of furan rings is 1. The summed E-state index contributed by atoms with van der Waals surface area (Å²) < 4.78 is 8.66. The predicted octanol–water partition coefficient (Wildman–Crippen LogP) is 10.5. The van der Waals surface area contributed by atoms with Crippen molar-refractivity contribution in [2.75, 3.05) is 0 Å². The summed E-state index contributed by atoms with van der Waals surface area (Å²) in [5.41, 5.74) is 10.6. The first-order valence-corrected chi connectivity index (χ1v) is 16.0. The highest BCUT2D eigenvalue weighted by Crippen LogP contribution is 2.53. The molecule has 0 aliphatic heterocycles. The second-order valence-electron chi connectivity index (χ2n) is 12.8. The first kappa shape index (κ1) is 26.2. The van der Waals surface area contributed by atoms with E-state index in [0.717, 1.165) is 44.1 Å². The van der Waals surface area contributed by atoms with E-state index in [1.807, 2.05) is 54.6 Å². The molecule has 0 fully saturated rings. The molecule has 5 heteroatoms. The van der Waals surface area contributed by atoms with Crippen molar-refractivity contribution in [2.24, 2.45) is 0 Å². The van der Waals surface area contributed by atoms with E-state index in [4.69, 9.17) is 19.4 Å². The van der Waals surface area contributed by atoms with E-state index < -0.39 is 0 Å². The molecule has 0 atom stereocenters. The van der Waals surface area contributed by atoms with Crippen LogP contribution in [0.1, 0.15) is 25.0 Å². The van der Waals surface area contributed by atoms with Gasteiger partial charge in [0.1, 0.15) is 11.2 Å². The zero-order valence-electron chi connectivity index (χ0n) is 25.9. The van der Waals surface area contributed by atoms with Crippen molar-refractivity contribution >= 4 is 43.7 Å². The average molecular weight is 605 g/mol. The molecule has 9 aromatic rings. The smallest absolute Gasteiger partial charge is 0.238 e. The standard InChI is InChI=1S/C42H28N4O/c1-42(2)32-20-9-6-15-26(32)28-23-24-34-36(37(28)42)30-17-7-10-21-33(30)46(34)41-44-39(25-13-4-3-5-14-25)43-40(45-41)31-19-12-18-29-27-16-8-11-22-35(27)47-38(29)31/h3-24H,1-2H3. The molecule has 6 aromatic carbocycles. The van der Waals surface area contributed by atoms with Crippen molar-refractivity contribution in [3.8, 4) is 39.9 Å². The summed E-state index contributed by atoms with van der Waals surface area (Å²) in [5, 5.41) is 4.53. The molecule has 5 nitrogen and oxygen atoms in total. The number of aromatic nitrogens is 4. The van der Waals surface area contributed by atoms with Gasteiger partial charge in [-0.2, -0.15) is 9.97 Å². The summed E-state index contributed by atoms with van der Waals surface area (Å²) in [4.78, 5) is 15.5. The average Bonchev–Trinajstić information content (AvgIpc) is 3.74. The van der Waals surface area contributed by atoms with Crippen molar-refractivity contribution in [1.29, 1.82) is 0 Å². The molecule has 0 radical (unpaired) electrons. The van der Waals surface area contributed by atoms with Crippen molar-refractivity contribution < 1.29 is 4.42 Å². The Morgan fingerprint density at radius 1 is 0.532 bits per heavy atom. The topological polar surface area (TPSA) is 56.7 Å². The molecular formula is C42H28N4O. The molecule has 0 amide bonds. The molecule has 0 saturated carbocycles. The summed E-state index contributed by atoms with van der Waals surface area (Å²) in [6, 6.07) is 46.4. The Labute approximate surface area is 270 Å². The maximum atomic E-state index is 6.45. The van der Waals surface area contributed by atoms with E-state index in [0.29, 0.717) is 17.6 Å². The third kappa shape index (κ3) is 3.62. The van der Waals surface area contributed by atoms with E-state index in [9.17, 15) is 0 Å². The van der Waals surface area contributed by atoms with Crippen LogP contribution < -0.4 is 0 Å². The second-order valence-corrected chi connectivity index (χ2v) is 12.8. The summed E-state index contributed by atoms with van der Waals surface area (Å²) in [5.74, 6) is 1.75. The van der Waals surface area contributed by atoms with Crippen LogP contribution in [0.5, 0.6) is 0 Å². The lowest BCUT2D eigenvalue weighted by molar-refractivity contribution is 0.666. The van der Waals surface area contributed by atoms with Crippen LogP contribution in [0.4, 0.5) is 0 Å². The van der Waals surface area contributed by atoms with Crippen molar-refractivity contribution in [2.45, 2.75) is 19.3 Å². The van der Waals surface area contributed by atoms with E-state index in [1.165, 1.54) is 33.0 Å². The van der Waals surface area contributed by atoms with Crippen molar-refractivity contribution in [3.05, 3.63) is 145 Å². The summed E-state index contributed by atoms with van der Waals surface area (Å²) in [7, 11) is 0. The van der Waals surface area contributed by atoms with Crippen LogP contribution in [-0.2, 0) is 5.41 Å². The molecule has 1 aliphatic carbocycles. The lowest BCUT2D eigenvalue weighted by atomic mass is 9.80. The second kappa shape index (κ2) is 9.47. The van der Waals surface area contributed by atoms with Gasteiger partial charge in [0.2, 0.25) is 5.95 Å². The predicted molar refractivity (Wildman–Crippen MR) is 190 cm³/mol. The highest BCUT2D eigenvalue weighted by molar-refractivity contribution is 6.14. The molecule has 0 saturated heterocycles. The summed E-state index contributed by atoms with van der Waals surface area (Å²) in [6.45, 7) is 4.68. The van der Waals surface area contributed by atoms with Gasteiger partial charge in [0.15, 0.2) is 11.6 Å². The lowest BCUT2D eigenvalue weighted by Gasteiger charge is -2.22. The zero-order chi connectivity index (χ0) is 31.3. The summed E-state index contributed by atoms with van der Waals surface area (Å²) in [6.07, 6.45) is 0. The maximum Gasteiger partial charge on any atom is 0.238 e. The third-order valence-corrected chi connectivity index (χ3v) is 9.85. The molecule has 3 heterocycles. The van der Waals surface area contributed by atoms with Crippen LogP contribution in [0.25, 0.3) is 83.6 Å². The Kier molecular flexibility index (Phi) is 5.28. The molecule has 222 valence electrons. The van der Waals surface area contributed by atoms with Crippen LogP contribution in [0, 0.1) is 0 Å². The van der Waals surface area contributed by atoms with Gasteiger partial charge >= 0.3 is 0 Å². The molecule has 47 heavy (non-hydrogen) atoms. The van der Waals surface area contributed by atoms with Gasteiger partial charge in [0.25, 0.3) is 0 Å². The molecule has 0 N–H and O–H groups in total. The van der Waals surface area contributed by atoms with Gasteiger partial charge in [0.05, 0.1) is 16.6 Å². The molecule has 0 bridgehead atoms. The molecule has 1 aliphatic rings. The third-order valence-electron chi connectivity index (χ3n) is 9.85. The highest BCUT2D eigenvalue weighted by Gasteiger charge is 2.38. The van der Waals surface area contributed by atoms with Gasteiger partial charge in [-0.15, -0.1) is 0 Å². The quantitative estimate of drug-likeness (QED) is 0.201. The van der Waals surface area contributed by atoms with Gasteiger partial charge in [-0.25, -0.2) is 4.98 Å². The molecule has 3 aromatic heterocycles. The minimum absolute atomic E-state index is 0.170. The number of hydrogen-bond donors (Lipinski definition) is 0. The molecule has 0 spiro atoms. The van der Waals surface area contributed by atoms with E-state index in [2.05, 4.69) is 97.3 Å². The molecule has 0 unspecified atom stereocenters. The molecule has 10 rings (SSSR count). The van der Waals surface area contributed by atoms with Crippen LogP contribution >= 0.6 is 0 Å². The van der Waals surface area contributed by atoms with Gasteiger partial charge in [-0.1, -0.05) is 123 Å². The Balaban J connectivity index is 1.30. The monoisotopic (exact) mass is 604 g/mol. The number of hydrogen-bond acceptors (Lipinski definition) is 4. The van der Waals surface area contributed by atoms with Crippen LogP contribution in [-0.4, -0.2) is 19.5 Å². The number of nitrogens with zero attached hydrogens (tertiary/aromatic N) is 4. The van der Waals surface area contributed by atoms with E-state index in [1.54, 1.807) is 0 Å².